The van der Waals surface area contributed by atoms with Gasteiger partial charge in [0.2, 0.25) is 10.0 Å². The van der Waals surface area contributed by atoms with Crippen molar-refractivity contribution in [1.29, 1.82) is 0 Å². The Hall–Kier alpha value is -0.560. The van der Waals surface area contributed by atoms with Crippen molar-refractivity contribution in [1.82, 2.24) is 10.0 Å². The Labute approximate surface area is 126 Å². The van der Waals surface area contributed by atoms with Crippen LogP contribution in [0.15, 0.2) is 29.2 Å². The fraction of sp³-hybridized carbons (Fsp3) is 0.571. The highest BCUT2D eigenvalue weighted by molar-refractivity contribution is 7.98. The van der Waals surface area contributed by atoms with Crippen molar-refractivity contribution in [2.75, 3.05) is 19.1 Å². The monoisotopic (exact) mass is 316 g/mol. The molecule has 4 nitrogen and oxygen atoms in total. The van der Waals surface area contributed by atoms with Crippen LogP contribution in [-0.4, -0.2) is 33.5 Å². The smallest absolute Gasteiger partial charge is 0.240 e. The van der Waals surface area contributed by atoms with Crippen LogP contribution in [0.4, 0.5) is 0 Å². The Morgan fingerprint density at radius 3 is 2.30 bits per heavy atom. The lowest BCUT2D eigenvalue weighted by atomic mass is 10.1. The van der Waals surface area contributed by atoms with Crippen LogP contribution in [0, 0.1) is 0 Å². The number of nitrogens with one attached hydrogen (secondary N) is 2. The quantitative estimate of drug-likeness (QED) is 0.773. The predicted molar refractivity (Wildman–Crippen MR) is 86.7 cm³/mol. The predicted octanol–water partition coefficient (Wildman–Crippen LogP) is 2.39. The second kappa shape index (κ2) is 8.02. The molecule has 0 amide bonds. The highest BCUT2D eigenvalue weighted by atomic mass is 32.2. The van der Waals surface area contributed by atoms with E-state index < -0.39 is 10.0 Å². The number of thioether (sulfide) groups is 1. The summed E-state index contributed by atoms with van der Waals surface area (Å²) in [7, 11) is -1.55. The first-order valence-corrected chi connectivity index (χ1v) is 9.60. The van der Waals surface area contributed by atoms with Gasteiger partial charge in [0.1, 0.15) is 0 Å². The van der Waals surface area contributed by atoms with Crippen LogP contribution < -0.4 is 10.0 Å². The largest absolute Gasteiger partial charge is 0.313 e. The second-order valence-corrected chi connectivity index (χ2v) is 7.39. The third-order valence-corrected chi connectivity index (χ3v) is 5.58. The van der Waals surface area contributed by atoms with Crippen LogP contribution >= 0.6 is 11.8 Å². The molecule has 1 aromatic carbocycles. The van der Waals surface area contributed by atoms with Crippen LogP contribution in [0.1, 0.15) is 31.9 Å². The van der Waals surface area contributed by atoms with Crippen molar-refractivity contribution in [3.63, 3.8) is 0 Å². The van der Waals surface area contributed by atoms with Gasteiger partial charge in [-0.1, -0.05) is 19.1 Å². The molecule has 6 heteroatoms. The molecule has 0 saturated heterocycles. The molecule has 0 radical (unpaired) electrons. The number of sulfonamides is 1. The zero-order valence-electron chi connectivity index (χ0n) is 12.5. The van der Waals surface area contributed by atoms with Crippen molar-refractivity contribution in [3.8, 4) is 0 Å². The van der Waals surface area contributed by atoms with E-state index in [1.54, 1.807) is 23.9 Å². The number of hydrogen-bond donors (Lipinski definition) is 2. The van der Waals surface area contributed by atoms with E-state index in [9.17, 15) is 8.42 Å². The summed E-state index contributed by atoms with van der Waals surface area (Å²) in [5.41, 5.74) is 1.07. The molecule has 0 spiro atoms. The fourth-order valence-corrected chi connectivity index (χ4v) is 3.97. The summed E-state index contributed by atoms with van der Waals surface area (Å²) in [5, 5.41) is 3.13. The minimum atomic E-state index is -3.43. The molecule has 0 bridgehead atoms. The lowest BCUT2D eigenvalue weighted by Crippen LogP contribution is -2.36. The summed E-state index contributed by atoms with van der Waals surface area (Å²) >= 11 is 1.64. The maximum atomic E-state index is 12.3. The summed E-state index contributed by atoms with van der Waals surface area (Å²) < 4.78 is 27.3. The molecule has 0 heterocycles. The molecule has 20 heavy (non-hydrogen) atoms. The molecule has 2 unspecified atom stereocenters. The van der Waals surface area contributed by atoms with Crippen molar-refractivity contribution in [2.45, 2.75) is 37.2 Å². The Kier molecular flexibility index (Phi) is 7.02. The van der Waals surface area contributed by atoms with Crippen molar-refractivity contribution in [2.24, 2.45) is 0 Å². The van der Waals surface area contributed by atoms with E-state index >= 15 is 0 Å². The number of hydrogen-bond acceptors (Lipinski definition) is 4. The zero-order chi connectivity index (χ0) is 15.2. The minimum absolute atomic E-state index is 0.0223. The van der Waals surface area contributed by atoms with Gasteiger partial charge in [-0.05, 0) is 44.3 Å². The molecule has 2 N–H and O–H groups in total. The van der Waals surface area contributed by atoms with E-state index in [-0.39, 0.29) is 12.1 Å². The van der Waals surface area contributed by atoms with Crippen LogP contribution in [0.2, 0.25) is 0 Å². The maximum Gasteiger partial charge on any atom is 0.240 e. The standard InChI is InChI=1S/C14H24N2O2S2/c1-5-13(10-19-4)16-20(17,18)14-8-6-12(7-9-14)11(2)15-3/h6-9,11,13,15-16H,5,10H2,1-4H3. The molecule has 114 valence electrons. The van der Waals surface area contributed by atoms with Gasteiger partial charge in [-0.3, -0.25) is 0 Å². The summed E-state index contributed by atoms with van der Waals surface area (Å²) in [6.07, 6.45) is 2.76. The lowest BCUT2D eigenvalue weighted by Gasteiger charge is -2.16. The van der Waals surface area contributed by atoms with E-state index in [0.29, 0.717) is 4.90 Å². The van der Waals surface area contributed by atoms with Gasteiger partial charge >= 0.3 is 0 Å². The third-order valence-electron chi connectivity index (χ3n) is 3.31. The molecule has 0 aliphatic rings. The average Bonchev–Trinajstić information content (AvgIpc) is 2.45. The molecule has 2 atom stereocenters. The summed E-state index contributed by atoms with van der Waals surface area (Å²) in [6.45, 7) is 4.02. The van der Waals surface area contributed by atoms with Gasteiger partial charge in [0.25, 0.3) is 0 Å². The van der Waals surface area contributed by atoms with Crippen molar-refractivity contribution in [3.05, 3.63) is 29.8 Å². The number of benzene rings is 1. The van der Waals surface area contributed by atoms with Crippen molar-refractivity contribution >= 4 is 21.8 Å². The van der Waals surface area contributed by atoms with Crippen molar-refractivity contribution < 1.29 is 8.42 Å². The van der Waals surface area contributed by atoms with Crippen LogP contribution in [0.25, 0.3) is 0 Å². The van der Waals surface area contributed by atoms with Gasteiger partial charge in [-0.25, -0.2) is 13.1 Å². The van der Waals surface area contributed by atoms with Gasteiger partial charge in [0.15, 0.2) is 0 Å². The summed E-state index contributed by atoms with van der Waals surface area (Å²) in [6, 6.07) is 7.22. The first kappa shape index (κ1) is 17.5. The molecule has 0 fully saturated rings. The maximum absolute atomic E-state index is 12.3. The van der Waals surface area contributed by atoms with E-state index in [4.69, 9.17) is 0 Å². The van der Waals surface area contributed by atoms with E-state index in [1.807, 2.05) is 39.3 Å². The fourth-order valence-electron chi connectivity index (χ4n) is 1.83. The van der Waals surface area contributed by atoms with Gasteiger partial charge in [-0.15, -0.1) is 0 Å². The number of rotatable bonds is 8. The van der Waals surface area contributed by atoms with E-state index in [0.717, 1.165) is 17.7 Å². The van der Waals surface area contributed by atoms with Gasteiger partial charge in [0.05, 0.1) is 4.90 Å². The van der Waals surface area contributed by atoms with E-state index in [2.05, 4.69) is 10.0 Å². The zero-order valence-corrected chi connectivity index (χ0v) is 14.1. The Bertz CT molecular complexity index is 500. The molecule has 0 aromatic heterocycles. The second-order valence-electron chi connectivity index (χ2n) is 4.76. The van der Waals surface area contributed by atoms with Crippen LogP contribution in [0.3, 0.4) is 0 Å². The van der Waals surface area contributed by atoms with E-state index in [1.165, 1.54) is 0 Å². The molecule has 1 aromatic rings. The van der Waals surface area contributed by atoms with Crippen LogP contribution in [-0.2, 0) is 10.0 Å². The first-order valence-electron chi connectivity index (χ1n) is 6.73. The molecule has 0 aliphatic carbocycles. The Morgan fingerprint density at radius 1 is 1.25 bits per heavy atom. The minimum Gasteiger partial charge on any atom is -0.313 e. The molecular formula is C14H24N2O2S2. The summed E-state index contributed by atoms with van der Waals surface area (Å²) in [4.78, 5) is 0.323. The normalized spacial score (nSPS) is 15.0. The third kappa shape index (κ3) is 4.77. The average molecular weight is 316 g/mol. The van der Waals surface area contributed by atoms with Gasteiger partial charge in [-0.2, -0.15) is 11.8 Å². The summed E-state index contributed by atoms with van der Waals surface area (Å²) in [5.74, 6) is 0.782. The Balaban J connectivity index is 2.87. The molecule has 1 rings (SSSR count). The lowest BCUT2D eigenvalue weighted by molar-refractivity contribution is 0.558. The first-order chi connectivity index (χ1) is 9.44. The molecule has 0 saturated carbocycles. The molecular weight excluding hydrogens is 292 g/mol. The highest BCUT2D eigenvalue weighted by Gasteiger charge is 2.18. The Morgan fingerprint density at radius 2 is 1.85 bits per heavy atom. The van der Waals surface area contributed by atoms with Gasteiger partial charge < -0.3 is 5.32 Å². The topological polar surface area (TPSA) is 58.2 Å². The SMILES string of the molecule is CCC(CSC)NS(=O)(=O)c1ccc(C(C)NC)cc1. The molecule has 0 aliphatic heterocycles. The highest BCUT2D eigenvalue weighted by Crippen LogP contribution is 2.16. The van der Waals surface area contributed by atoms with Gasteiger partial charge in [0, 0.05) is 17.8 Å². The van der Waals surface area contributed by atoms with Crippen LogP contribution in [0.5, 0.6) is 0 Å².